The predicted octanol–water partition coefficient (Wildman–Crippen LogP) is 1.89. The summed E-state index contributed by atoms with van der Waals surface area (Å²) >= 11 is 0. The zero-order chi connectivity index (χ0) is 17.4. The van der Waals surface area contributed by atoms with Gasteiger partial charge in [-0.25, -0.2) is 12.7 Å². The maximum absolute atomic E-state index is 12.4. The third-order valence-electron chi connectivity index (χ3n) is 5.50. The lowest BCUT2D eigenvalue weighted by atomic mass is 9.59. The molecule has 0 unspecified atom stereocenters. The van der Waals surface area contributed by atoms with Gasteiger partial charge in [0.25, 0.3) is 0 Å². The fourth-order valence-electron chi connectivity index (χ4n) is 3.94. The first kappa shape index (κ1) is 17.4. The Labute approximate surface area is 144 Å². The second-order valence-corrected chi connectivity index (χ2v) is 9.46. The summed E-state index contributed by atoms with van der Waals surface area (Å²) in [5, 5.41) is 3.12. The van der Waals surface area contributed by atoms with Crippen LogP contribution in [0.5, 0.6) is 0 Å². The average Bonchev–Trinajstić information content (AvgIpc) is 2.52. The number of benzene rings is 1. The van der Waals surface area contributed by atoms with Crippen molar-refractivity contribution in [2.24, 2.45) is 5.92 Å². The Morgan fingerprint density at radius 3 is 2.29 bits per heavy atom. The van der Waals surface area contributed by atoms with Crippen molar-refractivity contribution in [1.29, 1.82) is 0 Å². The van der Waals surface area contributed by atoms with Crippen LogP contribution in [-0.4, -0.2) is 44.0 Å². The van der Waals surface area contributed by atoms with Crippen molar-refractivity contribution < 1.29 is 13.2 Å². The Kier molecular flexibility index (Phi) is 4.71. The maximum Gasteiger partial charge on any atom is 0.223 e. The smallest absolute Gasteiger partial charge is 0.223 e. The van der Waals surface area contributed by atoms with Crippen LogP contribution in [-0.2, 0) is 20.2 Å². The zero-order valence-corrected chi connectivity index (χ0v) is 15.2. The molecule has 6 heteroatoms. The van der Waals surface area contributed by atoms with Crippen molar-refractivity contribution >= 4 is 15.9 Å². The number of amides is 1. The lowest BCUT2D eigenvalue weighted by molar-refractivity contribution is -0.130. The van der Waals surface area contributed by atoms with Crippen LogP contribution in [0.2, 0.25) is 0 Å². The summed E-state index contributed by atoms with van der Waals surface area (Å²) in [5.41, 5.74) is 1.40. The molecule has 0 radical (unpaired) electrons. The van der Waals surface area contributed by atoms with Crippen LogP contribution in [0, 0.1) is 5.92 Å². The molecule has 1 N–H and O–H groups in total. The van der Waals surface area contributed by atoms with Gasteiger partial charge in [0.1, 0.15) is 0 Å². The molecule has 0 atom stereocenters. The Morgan fingerprint density at radius 1 is 1.17 bits per heavy atom. The van der Waals surface area contributed by atoms with E-state index in [9.17, 15) is 13.2 Å². The minimum Gasteiger partial charge on any atom is -0.353 e. The van der Waals surface area contributed by atoms with Crippen LogP contribution >= 0.6 is 0 Å². The predicted molar refractivity (Wildman–Crippen MR) is 94.1 cm³/mol. The molecule has 1 aliphatic carbocycles. The minimum absolute atomic E-state index is 0.0724. The highest BCUT2D eigenvalue weighted by Gasteiger charge is 2.45. The number of sulfonamides is 1. The molecule has 3 rings (SSSR count). The second kappa shape index (κ2) is 6.48. The van der Waals surface area contributed by atoms with Crippen molar-refractivity contribution in [3.8, 4) is 0 Å². The lowest BCUT2D eigenvalue weighted by Gasteiger charge is -2.45. The van der Waals surface area contributed by atoms with E-state index in [0.717, 1.165) is 12.8 Å². The van der Waals surface area contributed by atoms with Crippen molar-refractivity contribution in [3.05, 3.63) is 35.9 Å². The highest BCUT2D eigenvalue weighted by Crippen LogP contribution is 2.47. The van der Waals surface area contributed by atoms with Gasteiger partial charge in [-0.05, 0) is 36.7 Å². The van der Waals surface area contributed by atoms with E-state index >= 15 is 0 Å². The van der Waals surface area contributed by atoms with E-state index < -0.39 is 10.0 Å². The molecule has 2 aliphatic rings. The SMILES string of the molecule is CC1(c2ccccc2)CC(C(=O)NC2CCN(S(C)(=O)=O)CC2)C1. The minimum atomic E-state index is -3.11. The molecule has 0 spiro atoms. The van der Waals surface area contributed by atoms with Crippen LogP contribution in [0.1, 0.15) is 38.2 Å². The number of rotatable bonds is 4. The van der Waals surface area contributed by atoms with Crippen molar-refractivity contribution in [2.45, 2.75) is 44.1 Å². The molecule has 5 nitrogen and oxygen atoms in total. The van der Waals surface area contributed by atoms with Gasteiger partial charge in [0.05, 0.1) is 6.26 Å². The summed E-state index contributed by atoms with van der Waals surface area (Å²) < 4.78 is 24.5. The van der Waals surface area contributed by atoms with E-state index in [1.807, 2.05) is 18.2 Å². The first-order chi connectivity index (χ1) is 11.3. The van der Waals surface area contributed by atoms with Gasteiger partial charge >= 0.3 is 0 Å². The normalized spacial score (nSPS) is 29.0. The van der Waals surface area contributed by atoms with Gasteiger partial charge in [0, 0.05) is 25.0 Å². The van der Waals surface area contributed by atoms with Gasteiger partial charge in [0.2, 0.25) is 15.9 Å². The summed E-state index contributed by atoms with van der Waals surface area (Å²) in [4.78, 5) is 12.4. The largest absolute Gasteiger partial charge is 0.353 e. The molecule has 132 valence electrons. The van der Waals surface area contributed by atoms with E-state index in [1.165, 1.54) is 16.1 Å². The first-order valence-corrected chi connectivity index (χ1v) is 10.4. The standard InChI is InChI=1S/C18H26N2O3S/c1-18(15-6-4-3-5-7-15)12-14(13-18)17(21)19-16-8-10-20(11-9-16)24(2,22)23/h3-7,14,16H,8-13H2,1-2H3,(H,19,21). The fraction of sp³-hybridized carbons (Fsp3) is 0.611. The average molecular weight is 350 g/mol. The van der Waals surface area contributed by atoms with Gasteiger partial charge in [-0.3, -0.25) is 4.79 Å². The van der Waals surface area contributed by atoms with E-state index in [4.69, 9.17) is 0 Å². The van der Waals surface area contributed by atoms with Crippen LogP contribution < -0.4 is 5.32 Å². The summed E-state index contributed by atoms with van der Waals surface area (Å²) in [7, 11) is -3.11. The van der Waals surface area contributed by atoms with Crippen LogP contribution in [0.15, 0.2) is 30.3 Å². The van der Waals surface area contributed by atoms with Gasteiger partial charge < -0.3 is 5.32 Å². The first-order valence-electron chi connectivity index (χ1n) is 8.59. The molecule has 24 heavy (non-hydrogen) atoms. The Morgan fingerprint density at radius 2 is 1.75 bits per heavy atom. The number of hydrogen-bond donors (Lipinski definition) is 1. The monoisotopic (exact) mass is 350 g/mol. The van der Waals surface area contributed by atoms with Crippen molar-refractivity contribution in [2.75, 3.05) is 19.3 Å². The number of carbonyl (C=O) groups excluding carboxylic acids is 1. The molecular formula is C18H26N2O3S. The zero-order valence-electron chi connectivity index (χ0n) is 14.4. The van der Waals surface area contributed by atoms with Gasteiger partial charge in [-0.2, -0.15) is 0 Å². The molecule has 1 aromatic carbocycles. The van der Waals surface area contributed by atoms with Crippen molar-refractivity contribution in [1.82, 2.24) is 9.62 Å². The highest BCUT2D eigenvalue weighted by molar-refractivity contribution is 7.88. The molecule has 1 saturated carbocycles. The number of carbonyl (C=O) groups is 1. The van der Waals surface area contributed by atoms with Crippen molar-refractivity contribution in [3.63, 3.8) is 0 Å². The van der Waals surface area contributed by atoms with Crippen LogP contribution in [0.25, 0.3) is 0 Å². The molecule has 1 amide bonds. The molecular weight excluding hydrogens is 324 g/mol. The summed E-state index contributed by atoms with van der Waals surface area (Å²) in [6.45, 7) is 3.21. The molecule has 1 heterocycles. The van der Waals surface area contributed by atoms with E-state index in [0.29, 0.717) is 25.9 Å². The fourth-order valence-corrected chi connectivity index (χ4v) is 4.81. The van der Waals surface area contributed by atoms with Crippen LogP contribution in [0.3, 0.4) is 0 Å². The molecule has 0 aromatic heterocycles. The third-order valence-corrected chi connectivity index (χ3v) is 6.81. The molecule has 1 aliphatic heterocycles. The molecule has 0 bridgehead atoms. The maximum atomic E-state index is 12.4. The van der Waals surface area contributed by atoms with E-state index in [1.54, 1.807) is 0 Å². The van der Waals surface area contributed by atoms with E-state index in [2.05, 4.69) is 24.4 Å². The van der Waals surface area contributed by atoms with Gasteiger partial charge in [-0.15, -0.1) is 0 Å². The quantitative estimate of drug-likeness (QED) is 0.902. The Hall–Kier alpha value is -1.40. The number of nitrogens with one attached hydrogen (secondary N) is 1. The molecule has 2 fully saturated rings. The van der Waals surface area contributed by atoms with Gasteiger partial charge in [-0.1, -0.05) is 37.3 Å². The van der Waals surface area contributed by atoms with E-state index in [-0.39, 0.29) is 23.3 Å². The number of piperidine rings is 1. The van der Waals surface area contributed by atoms with Crippen LogP contribution in [0.4, 0.5) is 0 Å². The third kappa shape index (κ3) is 3.64. The molecule has 1 saturated heterocycles. The topological polar surface area (TPSA) is 66.5 Å². The summed E-state index contributed by atoms with van der Waals surface area (Å²) in [5.74, 6) is 0.198. The second-order valence-electron chi connectivity index (χ2n) is 7.48. The molecule has 1 aromatic rings. The summed E-state index contributed by atoms with van der Waals surface area (Å²) in [6, 6.07) is 10.5. The highest BCUT2D eigenvalue weighted by atomic mass is 32.2. The van der Waals surface area contributed by atoms with Gasteiger partial charge in [0.15, 0.2) is 0 Å². The Bertz CT molecular complexity index is 688. The summed E-state index contributed by atoms with van der Waals surface area (Å²) in [6.07, 6.45) is 4.39. The number of hydrogen-bond acceptors (Lipinski definition) is 3. The number of nitrogens with zero attached hydrogens (tertiary/aromatic N) is 1. The lowest BCUT2D eigenvalue weighted by Crippen LogP contribution is -2.51. The Balaban J connectivity index is 1.48.